The van der Waals surface area contributed by atoms with Crippen LogP contribution in [0.1, 0.15) is 23.1 Å². The van der Waals surface area contributed by atoms with Crippen LogP contribution in [-0.2, 0) is 29.3 Å². The summed E-state index contributed by atoms with van der Waals surface area (Å²) in [5.74, 6) is -0.496. The van der Waals surface area contributed by atoms with Gasteiger partial charge in [0.2, 0.25) is 10.0 Å². The van der Waals surface area contributed by atoms with Crippen molar-refractivity contribution in [2.45, 2.75) is 30.6 Å². The monoisotopic (exact) mass is 358 g/mol. The molecule has 25 heavy (non-hydrogen) atoms. The second-order valence-corrected chi connectivity index (χ2v) is 8.04. The average molecular weight is 358 g/mol. The first-order chi connectivity index (χ1) is 12.0. The molecule has 0 aliphatic heterocycles. The van der Waals surface area contributed by atoms with Crippen molar-refractivity contribution >= 4 is 21.1 Å². The molecule has 2 N–H and O–H groups in total. The third-order valence-electron chi connectivity index (χ3n) is 4.57. The first kappa shape index (κ1) is 16.1. The zero-order chi connectivity index (χ0) is 17.4. The van der Waals surface area contributed by atoms with Crippen molar-refractivity contribution in [1.29, 1.82) is 0 Å². The molecule has 6 nitrogen and oxygen atoms in total. The Morgan fingerprint density at radius 2 is 1.92 bits per heavy atom. The SMILES string of the molecule is O=c1[nH]c2cc(CCNS(=O)(=O)c3ccc4c(c3)CCC4)ccc2o1. The summed E-state index contributed by atoms with van der Waals surface area (Å²) in [6.07, 6.45) is 3.58. The molecule has 0 unspecified atom stereocenters. The number of hydrogen-bond acceptors (Lipinski definition) is 4. The smallest absolute Gasteiger partial charge is 0.408 e. The minimum absolute atomic E-state index is 0.285. The minimum Gasteiger partial charge on any atom is -0.408 e. The summed E-state index contributed by atoms with van der Waals surface area (Å²) in [7, 11) is -3.52. The van der Waals surface area contributed by atoms with Gasteiger partial charge in [0.1, 0.15) is 0 Å². The highest BCUT2D eigenvalue weighted by Crippen LogP contribution is 2.24. The van der Waals surface area contributed by atoms with E-state index in [1.165, 1.54) is 5.56 Å². The maximum atomic E-state index is 12.5. The summed E-state index contributed by atoms with van der Waals surface area (Å²) in [6.45, 7) is 0.285. The van der Waals surface area contributed by atoms with E-state index in [2.05, 4.69) is 9.71 Å². The Morgan fingerprint density at radius 1 is 1.08 bits per heavy atom. The number of benzene rings is 2. The van der Waals surface area contributed by atoms with Crippen LogP contribution >= 0.6 is 0 Å². The quantitative estimate of drug-likeness (QED) is 0.731. The highest BCUT2D eigenvalue weighted by atomic mass is 32.2. The van der Waals surface area contributed by atoms with Gasteiger partial charge in [-0.05, 0) is 66.6 Å². The Kier molecular flexibility index (Phi) is 3.97. The highest BCUT2D eigenvalue weighted by molar-refractivity contribution is 7.89. The van der Waals surface area contributed by atoms with E-state index in [1.807, 2.05) is 12.1 Å². The van der Waals surface area contributed by atoms with Crippen molar-refractivity contribution in [3.63, 3.8) is 0 Å². The largest absolute Gasteiger partial charge is 0.417 e. The van der Waals surface area contributed by atoms with Gasteiger partial charge < -0.3 is 4.42 Å². The van der Waals surface area contributed by atoms with E-state index in [0.717, 1.165) is 30.4 Å². The molecule has 1 aliphatic rings. The van der Waals surface area contributed by atoms with Crippen molar-refractivity contribution < 1.29 is 12.8 Å². The lowest BCUT2D eigenvalue weighted by Gasteiger charge is -2.08. The molecule has 0 saturated heterocycles. The lowest BCUT2D eigenvalue weighted by atomic mass is 10.1. The lowest BCUT2D eigenvalue weighted by molar-refractivity contribution is 0.555. The van der Waals surface area contributed by atoms with Gasteiger partial charge in [0.25, 0.3) is 0 Å². The summed E-state index contributed by atoms with van der Waals surface area (Å²) < 4.78 is 32.5. The third kappa shape index (κ3) is 3.25. The second-order valence-electron chi connectivity index (χ2n) is 6.28. The molecule has 1 aliphatic carbocycles. The van der Waals surface area contributed by atoms with Crippen LogP contribution in [0.5, 0.6) is 0 Å². The van der Waals surface area contributed by atoms with E-state index in [9.17, 15) is 13.2 Å². The Morgan fingerprint density at radius 3 is 2.80 bits per heavy atom. The van der Waals surface area contributed by atoms with Gasteiger partial charge in [-0.25, -0.2) is 17.9 Å². The zero-order valence-electron chi connectivity index (χ0n) is 13.5. The number of aromatic amines is 1. The summed E-state index contributed by atoms with van der Waals surface area (Å²) in [5, 5.41) is 0. The Labute approximate surface area is 144 Å². The first-order valence-corrected chi connectivity index (χ1v) is 9.73. The van der Waals surface area contributed by atoms with Crippen LogP contribution in [0.25, 0.3) is 11.1 Å². The average Bonchev–Trinajstić information content (AvgIpc) is 3.18. The summed E-state index contributed by atoms with van der Waals surface area (Å²) in [6, 6.07) is 10.7. The van der Waals surface area contributed by atoms with Gasteiger partial charge in [-0.1, -0.05) is 12.1 Å². The van der Waals surface area contributed by atoms with E-state index >= 15 is 0 Å². The van der Waals surface area contributed by atoms with Gasteiger partial charge in [-0.2, -0.15) is 0 Å². The molecule has 0 saturated carbocycles. The Bertz CT molecular complexity index is 1100. The molecule has 0 bridgehead atoms. The number of H-pyrrole nitrogens is 1. The zero-order valence-corrected chi connectivity index (χ0v) is 14.4. The lowest BCUT2D eigenvalue weighted by Crippen LogP contribution is -2.26. The van der Waals surface area contributed by atoms with Crippen LogP contribution < -0.4 is 10.5 Å². The molecule has 130 valence electrons. The number of hydrogen-bond donors (Lipinski definition) is 2. The molecular weight excluding hydrogens is 340 g/mol. The predicted octanol–water partition coefficient (Wildman–Crippen LogP) is 2.13. The second kappa shape index (κ2) is 6.16. The van der Waals surface area contributed by atoms with Gasteiger partial charge in [0, 0.05) is 6.54 Å². The predicted molar refractivity (Wildman–Crippen MR) is 94.2 cm³/mol. The minimum atomic E-state index is -3.52. The van der Waals surface area contributed by atoms with Crippen molar-refractivity contribution in [2.24, 2.45) is 0 Å². The third-order valence-corrected chi connectivity index (χ3v) is 6.03. The molecular formula is C18H18N2O4S. The topological polar surface area (TPSA) is 92.2 Å². The molecule has 0 radical (unpaired) electrons. The van der Waals surface area contributed by atoms with Crippen molar-refractivity contribution in [2.75, 3.05) is 6.54 Å². The van der Waals surface area contributed by atoms with E-state index in [1.54, 1.807) is 24.3 Å². The van der Waals surface area contributed by atoms with Crippen molar-refractivity contribution in [3.05, 3.63) is 63.6 Å². The van der Waals surface area contributed by atoms with Crippen LogP contribution in [-0.4, -0.2) is 19.9 Å². The number of oxazole rings is 1. The number of aromatic nitrogens is 1. The molecule has 1 heterocycles. The summed E-state index contributed by atoms with van der Waals surface area (Å²) in [5.41, 5.74) is 4.41. The molecule has 1 aromatic heterocycles. The normalized spacial score (nSPS) is 14.1. The van der Waals surface area contributed by atoms with Crippen LogP contribution in [0.2, 0.25) is 0 Å². The fourth-order valence-corrected chi connectivity index (χ4v) is 4.37. The van der Waals surface area contributed by atoms with E-state index in [4.69, 9.17) is 4.42 Å². The first-order valence-electron chi connectivity index (χ1n) is 8.24. The Hall–Kier alpha value is -2.38. The van der Waals surface area contributed by atoms with E-state index in [0.29, 0.717) is 22.4 Å². The van der Waals surface area contributed by atoms with Gasteiger partial charge in [-0.15, -0.1) is 0 Å². The van der Waals surface area contributed by atoms with Crippen LogP contribution in [0.3, 0.4) is 0 Å². The molecule has 0 amide bonds. The fraction of sp³-hybridized carbons (Fsp3) is 0.278. The van der Waals surface area contributed by atoms with Crippen LogP contribution in [0, 0.1) is 0 Å². The molecule has 0 atom stereocenters. The number of nitrogens with one attached hydrogen (secondary N) is 2. The molecule has 4 rings (SSSR count). The van der Waals surface area contributed by atoms with Gasteiger partial charge in [0.05, 0.1) is 10.4 Å². The molecule has 3 aromatic rings. The standard InChI is InChI=1S/C18H18N2O4S/c21-18-20-16-10-12(4-7-17(16)24-18)8-9-19-25(22,23)15-6-5-13-2-1-3-14(13)11-15/h4-7,10-11,19H,1-3,8-9H2,(H,20,21). The summed E-state index contributed by atoms with van der Waals surface area (Å²) >= 11 is 0. The van der Waals surface area contributed by atoms with Crippen LogP contribution in [0.15, 0.2) is 50.5 Å². The molecule has 0 fully saturated rings. The van der Waals surface area contributed by atoms with Gasteiger partial charge >= 0.3 is 5.76 Å². The van der Waals surface area contributed by atoms with E-state index < -0.39 is 15.8 Å². The maximum Gasteiger partial charge on any atom is 0.417 e. The number of fused-ring (bicyclic) bond motifs is 2. The number of rotatable bonds is 5. The molecule has 7 heteroatoms. The highest BCUT2D eigenvalue weighted by Gasteiger charge is 2.18. The van der Waals surface area contributed by atoms with Crippen LogP contribution in [0.4, 0.5) is 0 Å². The van der Waals surface area contributed by atoms with Crippen molar-refractivity contribution in [3.8, 4) is 0 Å². The number of sulfonamides is 1. The van der Waals surface area contributed by atoms with Crippen molar-refractivity contribution in [1.82, 2.24) is 9.71 Å². The fourth-order valence-electron chi connectivity index (χ4n) is 3.28. The molecule has 2 aromatic carbocycles. The summed E-state index contributed by atoms with van der Waals surface area (Å²) in [4.78, 5) is 14.1. The Balaban J connectivity index is 1.45. The van der Waals surface area contributed by atoms with Gasteiger partial charge in [-0.3, -0.25) is 4.98 Å². The van der Waals surface area contributed by atoms with Gasteiger partial charge in [0.15, 0.2) is 5.58 Å². The number of aryl methyl sites for hydroxylation is 2. The van der Waals surface area contributed by atoms with E-state index in [-0.39, 0.29) is 6.54 Å². The maximum absolute atomic E-state index is 12.5. The molecule has 0 spiro atoms.